The lowest BCUT2D eigenvalue weighted by molar-refractivity contribution is -0.126. The highest BCUT2D eigenvalue weighted by Crippen LogP contribution is 2.21. The molecule has 3 amide bonds. The van der Waals surface area contributed by atoms with Gasteiger partial charge < -0.3 is 15.5 Å². The van der Waals surface area contributed by atoms with Crippen LogP contribution >= 0.6 is 0 Å². The summed E-state index contributed by atoms with van der Waals surface area (Å²) in [6, 6.07) is 15.9. The highest BCUT2D eigenvalue weighted by atomic mass is 16.2. The van der Waals surface area contributed by atoms with Gasteiger partial charge in [0.25, 0.3) is 11.8 Å². The molecule has 1 saturated heterocycles. The van der Waals surface area contributed by atoms with Crippen molar-refractivity contribution in [2.45, 2.75) is 26.2 Å². The Morgan fingerprint density at radius 1 is 0.966 bits per heavy atom. The van der Waals surface area contributed by atoms with E-state index in [1.165, 1.54) is 0 Å². The van der Waals surface area contributed by atoms with Gasteiger partial charge in [-0.15, -0.1) is 0 Å². The maximum atomic E-state index is 12.9. The largest absolute Gasteiger partial charge is 0.356 e. The average molecular weight is 393 g/mol. The Hall–Kier alpha value is -3.15. The molecule has 1 aliphatic heterocycles. The van der Waals surface area contributed by atoms with Crippen LogP contribution in [0.15, 0.2) is 54.6 Å². The zero-order valence-electron chi connectivity index (χ0n) is 16.7. The van der Waals surface area contributed by atoms with Gasteiger partial charge in [0, 0.05) is 42.4 Å². The molecule has 1 fully saturated rings. The second-order valence-electron chi connectivity index (χ2n) is 7.26. The molecule has 0 bridgehead atoms. The molecule has 6 nitrogen and oxygen atoms in total. The molecule has 2 N–H and O–H groups in total. The number of carbonyl (C=O) groups is 3. The first-order valence-corrected chi connectivity index (χ1v) is 10.1. The molecular weight excluding hydrogens is 366 g/mol. The summed E-state index contributed by atoms with van der Waals surface area (Å²) in [6.45, 7) is 3.84. The molecule has 1 aliphatic rings. The SMILES string of the molecule is CCCNC(=O)C1CCN(C(=O)c2cccc(NC(=O)c3ccccc3)c2)CC1. The van der Waals surface area contributed by atoms with E-state index in [4.69, 9.17) is 0 Å². The van der Waals surface area contributed by atoms with Crippen LogP contribution in [0.5, 0.6) is 0 Å². The number of hydrogen-bond donors (Lipinski definition) is 2. The van der Waals surface area contributed by atoms with Crippen LogP contribution in [0.1, 0.15) is 46.9 Å². The summed E-state index contributed by atoms with van der Waals surface area (Å²) in [7, 11) is 0. The van der Waals surface area contributed by atoms with Crippen molar-refractivity contribution in [3.05, 3.63) is 65.7 Å². The molecule has 6 heteroatoms. The maximum Gasteiger partial charge on any atom is 0.255 e. The van der Waals surface area contributed by atoms with Crippen molar-refractivity contribution in [1.29, 1.82) is 0 Å². The number of rotatable bonds is 6. The van der Waals surface area contributed by atoms with Gasteiger partial charge in [-0.25, -0.2) is 0 Å². The Balaban J connectivity index is 1.59. The number of nitrogens with one attached hydrogen (secondary N) is 2. The third-order valence-electron chi connectivity index (χ3n) is 5.11. The Morgan fingerprint density at radius 2 is 1.66 bits per heavy atom. The van der Waals surface area contributed by atoms with Crippen LogP contribution in [0, 0.1) is 5.92 Å². The topological polar surface area (TPSA) is 78.5 Å². The molecule has 0 spiro atoms. The van der Waals surface area contributed by atoms with Crippen molar-refractivity contribution in [3.63, 3.8) is 0 Å². The number of amides is 3. The predicted octanol–water partition coefficient (Wildman–Crippen LogP) is 3.32. The van der Waals surface area contributed by atoms with Crippen LogP contribution in [0.4, 0.5) is 5.69 Å². The molecule has 152 valence electrons. The fourth-order valence-corrected chi connectivity index (χ4v) is 3.44. The van der Waals surface area contributed by atoms with Crippen molar-refractivity contribution in [3.8, 4) is 0 Å². The molecule has 0 aromatic heterocycles. The van der Waals surface area contributed by atoms with Crippen molar-refractivity contribution in [1.82, 2.24) is 10.2 Å². The van der Waals surface area contributed by atoms with Crippen molar-refractivity contribution >= 4 is 23.4 Å². The van der Waals surface area contributed by atoms with E-state index < -0.39 is 0 Å². The van der Waals surface area contributed by atoms with Crippen LogP contribution in [0.2, 0.25) is 0 Å². The fraction of sp³-hybridized carbons (Fsp3) is 0.348. The van der Waals surface area contributed by atoms with Crippen molar-refractivity contribution in [2.24, 2.45) is 5.92 Å². The second kappa shape index (κ2) is 9.87. The number of piperidine rings is 1. The van der Waals surface area contributed by atoms with Crippen LogP contribution in [0.3, 0.4) is 0 Å². The first-order chi connectivity index (χ1) is 14.1. The van der Waals surface area contributed by atoms with E-state index in [2.05, 4.69) is 10.6 Å². The van der Waals surface area contributed by atoms with E-state index >= 15 is 0 Å². The van der Waals surface area contributed by atoms with Gasteiger partial charge in [0.05, 0.1) is 0 Å². The molecule has 29 heavy (non-hydrogen) atoms. The maximum absolute atomic E-state index is 12.9. The highest BCUT2D eigenvalue weighted by Gasteiger charge is 2.27. The van der Waals surface area contributed by atoms with Gasteiger partial charge in [-0.1, -0.05) is 31.2 Å². The van der Waals surface area contributed by atoms with Gasteiger partial charge in [-0.2, -0.15) is 0 Å². The molecule has 2 aromatic rings. The molecule has 0 unspecified atom stereocenters. The highest BCUT2D eigenvalue weighted by molar-refractivity contribution is 6.05. The third-order valence-corrected chi connectivity index (χ3v) is 5.11. The lowest BCUT2D eigenvalue weighted by Crippen LogP contribution is -2.43. The summed E-state index contributed by atoms with van der Waals surface area (Å²) in [5.74, 6) is -0.228. The quantitative estimate of drug-likeness (QED) is 0.790. The number of nitrogens with zero attached hydrogens (tertiary/aromatic N) is 1. The van der Waals surface area contributed by atoms with Crippen molar-refractivity contribution < 1.29 is 14.4 Å². The average Bonchev–Trinajstić information content (AvgIpc) is 2.78. The van der Waals surface area contributed by atoms with Gasteiger partial charge in [0.2, 0.25) is 5.91 Å². The Kier molecular flexibility index (Phi) is 7.00. The van der Waals surface area contributed by atoms with Gasteiger partial charge >= 0.3 is 0 Å². The predicted molar refractivity (Wildman–Crippen MR) is 113 cm³/mol. The molecular formula is C23H27N3O3. The fourth-order valence-electron chi connectivity index (χ4n) is 3.44. The summed E-state index contributed by atoms with van der Waals surface area (Å²) in [5.41, 5.74) is 1.68. The number of benzene rings is 2. The minimum atomic E-state index is -0.214. The van der Waals surface area contributed by atoms with Gasteiger partial charge in [0.15, 0.2) is 0 Å². The number of hydrogen-bond acceptors (Lipinski definition) is 3. The standard InChI is InChI=1S/C23H27N3O3/c1-2-13-24-21(27)18-11-14-26(15-12-18)23(29)19-9-6-10-20(16-19)25-22(28)17-7-4-3-5-8-17/h3-10,16,18H,2,11-15H2,1H3,(H,24,27)(H,25,28). The minimum Gasteiger partial charge on any atom is -0.356 e. The summed E-state index contributed by atoms with van der Waals surface area (Å²) < 4.78 is 0. The molecule has 2 aromatic carbocycles. The number of likely N-dealkylation sites (tertiary alicyclic amines) is 1. The van der Waals surface area contributed by atoms with E-state index in [0.717, 1.165) is 6.42 Å². The van der Waals surface area contributed by atoms with E-state index in [1.807, 2.05) is 13.0 Å². The molecule has 0 aliphatic carbocycles. The Morgan fingerprint density at radius 3 is 2.34 bits per heavy atom. The monoisotopic (exact) mass is 393 g/mol. The first kappa shape index (κ1) is 20.6. The Labute approximate surface area is 171 Å². The zero-order chi connectivity index (χ0) is 20.6. The van der Waals surface area contributed by atoms with E-state index in [1.54, 1.807) is 53.4 Å². The number of anilines is 1. The van der Waals surface area contributed by atoms with E-state index in [0.29, 0.717) is 49.3 Å². The first-order valence-electron chi connectivity index (χ1n) is 10.1. The van der Waals surface area contributed by atoms with Crippen molar-refractivity contribution in [2.75, 3.05) is 25.0 Å². The number of carbonyl (C=O) groups excluding carboxylic acids is 3. The molecule has 1 heterocycles. The van der Waals surface area contributed by atoms with E-state index in [9.17, 15) is 14.4 Å². The molecule has 0 radical (unpaired) electrons. The second-order valence-corrected chi connectivity index (χ2v) is 7.26. The third kappa shape index (κ3) is 5.44. The van der Waals surface area contributed by atoms with Gasteiger partial charge in [-0.05, 0) is 49.6 Å². The summed E-state index contributed by atoms with van der Waals surface area (Å²) in [6.07, 6.45) is 2.26. The minimum absolute atomic E-state index is 0.0258. The van der Waals surface area contributed by atoms with Crippen LogP contribution in [-0.4, -0.2) is 42.3 Å². The molecule has 0 saturated carbocycles. The van der Waals surface area contributed by atoms with Gasteiger partial charge in [-0.3, -0.25) is 14.4 Å². The zero-order valence-corrected chi connectivity index (χ0v) is 16.7. The smallest absolute Gasteiger partial charge is 0.255 e. The normalized spacial score (nSPS) is 14.3. The van der Waals surface area contributed by atoms with Crippen LogP contribution in [0.25, 0.3) is 0 Å². The lowest BCUT2D eigenvalue weighted by Gasteiger charge is -2.31. The Bertz CT molecular complexity index is 859. The summed E-state index contributed by atoms with van der Waals surface area (Å²) >= 11 is 0. The summed E-state index contributed by atoms with van der Waals surface area (Å²) in [4.78, 5) is 39.1. The van der Waals surface area contributed by atoms with Crippen LogP contribution < -0.4 is 10.6 Å². The lowest BCUT2D eigenvalue weighted by atomic mass is 9.95. The molecule has 0 atom stereocenters. The van der Waals surface area contributed by atoms with Gasteiger partial charge in [0.1, 0.15) is 0 Å². The summed E-state index contributed by atoms with van der Waals surface area (Å²) in [5, 5.41) is 5.77. The van der Waals surface area contributed by atoms with Crippen LogP contribution in [-0.2, 0) is 4.79 Å². The molecule has 3 rings (SSSR count). The van der Waals surface area contributed by atoms with E-state index in [-0.39, 0.29) is 23.6 Å².